The van der Waals surface area contributed by atoms with Gasteiger partial charge in [0.1, 0.15) is 39.1 Å². The van der Waals surface area contributed by atoms with Crippen LogP contribution in [0.3, 0.4) is 0 Å². The van der Waals surface area contributed by atoms with E-state index in [0.717, 1.165) is 0 Å². The molecule has 0 radical (unpaired) electrons. The van der Waals surface area contributed by atoms with E-state index in [1.807, 2.05) is 0 Å². The van der Waals surface area contributed by atoms with E-state index in [9.17, 15) is 0 Å². The van der Waals surface area contributed by atoms with Gasteiger partial charge in [-0.15, -0.1) is 0 Å². The molecule has 0 aromatic carbocycles. The van der Waals surface area contributed by atoms with Crippen molar-refractivity contribution >= 4 is 39.1 Å². The van der Waals surface area contributed by atoms with Crippen LogP contribution in [0.15, 0.2) is 0 Å². The fourth-order valence-electron chi connectivity index (χ4n) is 0.552. The third-order valence-electron chi connectivity index (χ3n) is 0.986. The zero-order chi connectivity index (χ0) is 6.95. The average molecular weight is 197 g/mol. The lowest BCUT2D eigenvalue weighted by atomic mass is 11.9. The Kier molecular flexibility index (Phi) is 9.56. The Hall–Kier alpha value is 0.788. The van der Waals surface area contributed by atoms with Crippen LogP contribution in [0, 0.1) is 0 Å². The Morgan fingerprint density at radius 2 is 1.44 bits per heavy atom. The van der Waals surface area contributed by atoms with Crippen molar-refractivity contribution in [3.8, 4) is 0 Å². The van der Waals surface area contributed by atoms with Gasteiger partial charge in [0, 0.05) is 0 Å². The molecule has 0 saturated carbocycles. The topological polar surface area (TPSA) is 18.5 Å². The van der Waals surface area contributed by atoms with E-state index in [1.54, 1.807) is 0 Å². The second-order valence-corrected chi connectivity index (χ2v) is 9.81. The Bertz CT molecular complexity index is 47.1. The number of hydrogen-bond acceptors (Lipinski definition) is 2. The minimum absolute atomic E-state index is 0.0805. The molecule has 9 heavy (non-hydrogen) atoms. The molecular formula is C3H16O2Si4. The molecule has 0 N–H and O–H groups in total. The predicted molar refractivity (Wildman–Crippen MR) is 52.9 cm³/mol. The van der Waals surface area contributed by atoms with Crippen molar-refractivity contribution in [3.05, 3.63) is 0 Å². The molecule has 6 heteroatoms. The van der Waals surface area contributed by atoms with Crippen molar-refractivity contribution in [2.24, 2.45) is 0 Å². The lowest BCUT2D eigenvalue weighted by Gasteiger charge is -1.99. The van der Waals surface area contributed by atoms with Crippen LogP contribution in [-0.4, -0.2) is 39.1 Å². The summed E-state index contributed by atoms with van der Waals surface area (Å²) < 4.78 is 10.9. The van der Waals surface area contributed by atoms with Crippen molar-refractivity contribution in [2.75, 3.05) is 0 Å². The minimum Gasteiger partial charge on any atom is -0.465 e. The average Bonchev–Trinajstić information content (AvgIpc) is 1.89. The Morgan fingerprint density at radius 1 is 1.00 bits per heavy atom. The molecule has 0 aliphatic heterocycles. The van der Waals surface area contributed by atoms with E-state index in [4.69, 9.17) is 8.23 Å². The van der Waals surface area contributed by atoms with Crippen LogP contribution in [0.4, 0.5) is 0 Å². The van der Waals surface area contributed by atoms with E-state index in [2.05, 4.69) is 13.1 Å². The van der Waals surface area contributed by atoms with E-state index in [-0.39, 0.29) is 39.1 Å². The predicted octanol–water partition coefficient (Wildman–Crippen LogP) is -2.17. The van der Waals surface area contributed by atoms with Gasteiger partial charge < -0.3 is 8.23 Å². The lowest BCUT2D eigenvalue weighted by Crippen LogP contribution is -2.08. The number of rotatable bonds is 6. The van der Waals surface area contributed by atoms with Gasteiger partial charge in [-0.25, -0.2) is 0 Å². The molecule has 0 rings (SSSR count). The Labute approximate surface area is 66.5 Å². The molecule has 0 saturated heterocycles. The summed E-state index contributed by atoms with van der Waals surface area (Å²) >= 11 is 0. The molecule has 0 aromatic heterocycles. The van der Waals surface area contributed by atoms with Crippen molar-refractivity contribution in [2.45, 2.75) is 18.8 Å². The van der Waals surface area contributed by atoms with Crippen molar-refractivity contribution in [3.63, 3.8) is 0 Å². The maximum absolute atomic E-state index is 5.43. The molecule has 0 heterocycles. The second-order valence-electron chi connectivity index (χ2n) is 1.75. The standard InChI is InChI=1S/C3H16O2Si4/c1-6-4-8-3-9-5-7-2/h3,6-9H2,1-2H3. The van der Waals surface area contributed by atoms with Gasteiger partial charge in [0.15, 0.2) is 0 Å². The van der Waals surface area contributed by atoms with Crippen LogP contribution >= 0.6 is 0 Å². The molecule has 0 bridgehead atoms. The maximum Gasteiger partial charge on any atom is 0.145 e. The molecule has 0 fully saturated rings. The molecule has 0 spiro atoms. The molecule has 0 aliphatic carbocycles. The monoisotopic (exact) mass is 196 g/mol. The van der Waals surface area contributed by atoms with Crippen LogP contribution in [0.25, 0.3) is 0 Å². The first-order chi connectivity index (χ1) is 4.41. The first-order valence-electron chi connectivity index (χ1n) is 3.57. The summed E-state index contributed by atoms with van der Waals surface area (Å²) in [5, 5.41) is 0. The summed E-state index contributed by atoms with van der Waals surface area (Å²) in [5.41, 5.74) is 1.36. The van der Waals surface area contributed by atoms with Gasteiger partial charge in [0.05, 0.1) is 0 Å². The fraction of sp³-hybridized carbons (Fsp3) is 1.00. The highest BCUT2D eigenvalue weighted by Crippen LogP contribution is 1.77. The maximum atomic E-state index is 5.43. The van der Waals surface area contributed by atoms with Crippen molar-refractivity contribution < 1.29 is 8.23 Å². The zero-order valence-electron chi connectivity index (χ0n) is 6.35. The quantitative estimate of drug-likeness (QED) is 0.356. The van der Waals surface area contributed by atoms with Crippen molar-refractivity contribution in [1.29, 1.82) is 0 Å². The van der Waals surface area contributed by atoms with Gasteiger partial charge in [-0.05, 0) is 5.67 Å². The van der Waals surface area contributed by atoms with E-state index >= 15 is 0 Å². The highest BCUT2D eigenvalue weighted by molar-refractivity contribution is 6.55. The third kappa shape index (κ3) is 8.79. The summed E-state index contributed by atoms with van der Waals surface area (Å²) in [6, 6.07) is 0. The molecular weight excluding hydrogens is 180 g/mol. The highest BCUT2D eigenvalue weighted by Gasteiger charge is 1.87. The lowest BCUT2D eigenvalue weighted by molar-refractivity contribution is 0.630. The van der Waals surface area contributed by atoms with Crippen LogP contribution in [-0.2, 0) is 8.23 Å². The molecule has 56 valence electrons. The first kappa shape index (κ1) is 9.79. The van der Waals surface area contributed by atoms with Gasteiger partial charge in [-0.1, -0.05) is 13.1 Å². The summed E-state index contributed by atoms with van der Waals surface area (Å²) in [4.78, 5) is 0. The summed E-state index contributed by atoms with van der Waals surface area (Å²) in [6.45, 7) is 4.40. The molecule has 0 unspecified atom stereocenters. The smallest absolute Gasteiger partial charge is 0.145 e. The SMILES string of the molecule is C[SiH2]O[SiH2]C[SiH2]O[SiH2]C. The van der Waals surface area contributed by atoms with E-state index < -0.39 is 0 Å². The summed E-state index contributed by atoms with van der Waals surface area (Å²) in [6.07, 6.45) is 0. The minimum atomic E-state index is -0.0883. The first-order valence-corrected chi connectivity index (χ1v) is 10.7. The summed E-state index contributed by atoms with van der Waals surface area (Å²) in [7, 11) is -0.338. The second kappa shape index (κ2) is 8.79. The van der Waals surface area contributed by atoms with Gasteiger partial charge in [-0.2, -0.15) is 0 Å². The molecule has 0 aromatic rings. The van der Waals surface area contributed by atoms with Gasteiger partial charge in [-0.3, -0.25) is 0 Å². The van der Waals surface area contributed by atoms with Gasteiger partial charge >= 0.3 is 0 Å². The largest absolute Gasteiger partial charge is 0.465 e. The van der Waals surface area contributed by atoms with Crippen LogP contribution in [0.2, 0.25) is 18.8 Å². The highest BCUT2D eigenvalue weighted by atomic mass is 28.3. The van der Waals surface area contributed by atoms with Crippen LogP contribution in [0.1, 0.15) is 0 Å². The molecule has 2 nitrogen and oxygen atoms in total. The molecule has 0 atom stereocenters. The normalized spacial score (nSPS) is 15.3. The molecule has 0 amide bonds. The van der Waals surface area contributed by atoms with Crippen molar-refractivity contribution in [1.82, 2.24) is 0 Å². The van der Waals surface area contributed by atoms with Crippen LogP contribution in [0.5, 0.6) is 0 Å². The number of hydrogen-bond donors (Lipinski definition) is 0. The molecule has 0 aliphatic rings. The van der Waals surface area contributed by atoms with Crippen LogP contribution < -0.4 is 0 Å². The van der Waals surface area contributed by atoms with Gasteiger partial charge in [0.25, 0.3) is 0 Å². The van der Waals surface area contributed by atoms with Gasteiger partial charge in [0.2, 0.25) is 0 Å². The zero-order valence-corrected chi connectivity index (χ0v) is 12.0. The Morgan fingerprint density at radius 3 is 1.78 bits per heavy atom. The fourth-order valence-corrected chi connectivity index (χ4v) is 8.64. The van der Waals surface area contributed by atoms with E-state index in [0.29, 0.717) is 0 Å². The summed E-state index contributed by atoms with van der Waals surface area (Å²) in [5.74, 6) is 0. The van der Waals surface area contributed by atoms with E-state index in [1.165, 1.54) is 5.67 Å². The third-order valence-corrected chi connectivity index (χ3v) is 8.87. The Balaban J connectivity index is 2.60.